The Bertz CT molecular complexity index is 621. The normalized spacial score (nSPS) is 26.2. The van der Waals surface area contributed by atoms with E-state index in [9.17, 15) is 8.42 Å². The topological polar surface area (TPSA) is 49.4 Å². The predicted molar refractivity (Wildman–Crippen MR) is 86.8 cm³/mol. The fourth-order valence-electron chi connectivity index (χ4n) is 3.08. The molecule has 2 atom stereocenters. The average molecular weight is 351 g/mol. The maximum absolute atomic E-state index is 12.8. The molecule has 0 amide bonds. The molecule has 21 heavy (non-hydrogen) atoms. The fraction of sp³-hybridized carbons (Fsp3) is 0.571. The Morgan fingerprint density at radius 1 is 1.24 bits per heavy atom. The van der Waals surface area contributed by atoms with E-state index in [-0.39, 0.29) is 23.3 Å². The standard InChI is InChI=1S/C14H19ClN2O2S.ClH/c1-10-2-5-13(15)14(8-10)20(18,19)17-7-6-11-3-4-12(9-17)16-11;/h2,5,8,11-12,16H,3-4,6-7,9H2,1H3;1H. The zero-order valence-electron chi connectivity index (χ0n) is 11.9. The largest absolute Gasteiger partial charge is 0.310 e. The summed E-state index contributed by atoms with van der Waals surface area (Å²) in [7, 11) is -3.50. The van der Waals surface area contributed by atoms with Gasteiger partial charge in [-0.3, -0.25) is 0 Å². The van der Waals surface area contributed by atoms with E-state index in [2.05, 4.69) is 5.32 Å². The van der Waals surface area contributed by atoms with Crippen LogP contribution in [-0.4, -0.2) is 37.9 Å². The Kier molecular flexibility index (Phi) is 5.21. The number of hydrogen-bond donors (Lipinski definition) is 1. The maximum atomic E-state index is 12.8. The summed E-state index contributed by atoms with van der Waals surface area (Å²) in [5.74, 6) is 0. The lowest BCUT2D eigenvalue weighted by atomic mass is 10.1. The highest BCUT2D eigenvalue weighted by Crippen LogP contribution is 2.29. The van der Waals surface area contributed by atoms with Crippen LogP contribution in [-0.2, 0) is 10.0 Å². The van der Waals surface area contributed by atoms with Crippen LogP contribution in [0.4, 0.5) is 0 Å². The quantitative estimate of drug-likeness (QED) is 0.891. The van der Waals surface area contributed by atoms with Crippen molar-refractivity contribution in [3.05, 3.63) is 28.8 Å². The summed E-state index contributed by atoms with van der Waals surface area (Å²) in [6, 6.07) is 5.89. The maximum Gasteiger partial charge on any atom is 0.244 e. The first-order valence-corrected chi connectivity index (χ1v) is 8.81. The summed E-state index contributed by atoms with van der Waals surface area (Å²) in [6.07, 6.45) is 3.08. The molecule has 7 heteroatoms. The number of benzene rings is 1. The summed E-state index contributed by atoms with van der Waals surface area (Å²) >= 11 is 6.10. The van der Waals surface area contributed by atoms with Crippen LogP contribution >= 0.6 is 24.0 Å². The Hall–Kier alpha value is -0.330. The monoisotopic (exact) mass is 350 g/mol. The third kappa shape index (κ3) is 3.37. The van der Waals surface area contributed by atoms with Crippen LogP contribution in [0.1, 0.15) is 24.8 Å². The number of nitrogens with zero attached hydrogens (tertiary/aromatic N) is 1. The van der Waals surface area contributed by atoms with E-state index in [1.165, 1.54) is 0 Å². The van der Waals surface area contributed by atoms with Crippen LogP contribution in [0, 0.1) is 6.92 Å². The smallest absolute Gasteiger partial charge is 0.244 e. The number of nitrogens with one attached hydrogen (secondary N) is 1. The molecule has 2 aliphatic rings. The van der Waals surface area contributed by atoms with Gasteiger partial charge in [0.1, 0.15) is 4.90 Å². The average Bonchev–Trinajstić information content (AvgIpc) is 2.71. The molecule has 2 heterocycles. The second kappa shape index (κ2) is 6.42. The van der Waals surface area contributed by atoms with Gasteiger partial charge in [0.05, 0.1) is 5.02 Å². The molecular weight excluding hydrogens is 331 g/mol. The lowest BCUT2D eigenvalue weighted by molar-refractivity contribution is 0.383. The van der Waals surface area contributed by atoms with Gasteiger partial charge in [-0.2, -0.15) is 4.31 Å². The molecule has 0 radical (unpaired) electrons. The van der Waals surface area contributed by atoms with Crippen molar-refractivity contribution in [3.8, 4) is 0 Å². The van der Waals surface area contributed by atoms with Gasteiger partial charge in [-0.25, -0.2) is 8.42 Å². The van der Waals surface area contributed by atoms with E-state index in [0.717, 1.165) is 24.8 Å². The molecule has 1 aromatic carbocycles. The van der Waals surface area contributed by atoms with Crippen molar-refractivity contribution < 1.29 is 8.42 Å². The summed E-state index contributed by atoms with van der Waals surface area (Å²) < 4.78 is 27.2. The van der Waals surface area contributed by atoms with Crippen molar-refractivity contribution in [1.29, 1.82) is 0 Å². The van der Waals surface area contributed by atoms with E-state index >= 15 is 0 Å². The molecule has 1 N–H and O–H groups in total. The van der Waals surface area contributed by atoms with Crippen molar-refractivity contribution in [2.24, 2.45) is 0 Å². The van der Waals surface area contributed by atoms with E-state index in [1.54, 1.807) is 16.4 Å². The molecule has 2 bridgehead atoms. The zero-order chi connectivity index (χ0) is 14.3. The number of rotatable bonds is 2. The minimum Gasteiger partial charge on any atom is -0.310 e. The predicted octanol–water partition coefficient (Wildman–Crippen LogP) is 2.59. The lowest BCUT2D eigenvalue weighted by Crippen LogP contribution is -2.39. The molecule has 0 spiro atoms. The van der Waals surface area contributed by atoms with Crippen molar-refractivity contribution in [2.75, 3.05) is 13.1 Å². The van der Waals surface area contributed by atoms with Gasteiger partial charge in [-0.05, 0) is 43.9 Å². The van der Waals surface area contributed by atoms with Gasteiger partial charge >= 0.3 is 0 Å². The Morgan fingerprint density at radius 2 is 1.95 bits per heavy atom. The van der Waals surface area contributed by atoms with Gasteiger partial charge in [-0.1, -0.05) is 17.7 Å². The molecule has 2 unspecified atom stereocenters. The van der Waals surface area contributed by atoms with Gasteiger partial charge in [0.15, 0.2) is 0 Å². The summed E-state index contributed by atoms with van der Waals surface area (Å²) in [4.78, 5) is 0.233. The van der Waals surface area contributed by atoms with E-state index in [4.69, 9.17) is 11.6 Å². The highest BCUT2D eigenvalue weighted by atomic mass is 35.5. The molecule has 2 fully saturated rings. The van der Waals surface area contributed by atoms with Crippen molar-refractivity contribution in [3.63, 3.8) is 0 Å². The van der Waals surface area contributed by atoms with Gasteiger partial charge in [0, 0.05) is 25.2 Å². The molecule has 2 saturated heterocycles. The Morgan fingerprint density at radius 3 is 2.71 bits per heavy atom. The molecule has 118 valence electrons. The lowest BCUT2D eigenvalue weighted by Gasteiger charge is -2.24. The number of fused-ring (bicyclic) bond motifs is 2. The van der Waals surface area contributed by atoms with Gasteiger partial charge in [-0.15, -0.1) is 12.4 Å². The second-order valence-electron chi connectivity index (χ2n) is 5.72. The van der Waals surface area contributed by atoms with E-state index in [1.807, 2.05) is 13.0 Å². The molecule has 1 aromatic rings. The van der Waals surface area contributed by atoms with Crippen molar-refractivity contribution in [2.45, 2.75) is 43.2 Å². The van der Waals surface area contributed by atoms with E-state index < -0.39 is 10.0 Å². The van der Waals surface area contributed by atoms with Crippen LogP contribution < -0.4 is 5.32 Å². The first-order valence-electron chi connectivity index (χ1n) is 6.99. The molecule has 3 rings (SSSR count). The molecule has 4 nitrogen and oxygen atoms in total. The summed E-state index contributed by atoms with van der Waals surface area (Å²) in [6.45, 7) is 2.99. The summed E-state index contributed by atoms with van der Waals surface area (Å²) in [5.41, 5.74) is 0.905. The third-order valence-electron chi connectivity index (χ3n) is 4.19. The highest BCUT2D eigenvalue weighted by Gasteiger charge is 2.35. The molecule has 2 aliphatic heterocycles. The number of aryl methyl sites for hydroxylation is 1. The van der Waals surface area contributed by atoms with Crippen molar-refractivity contribution >= 4 is 34.0 Å². The third-order valence-corrected chi connectivity index (χ3v) is 6.54. The first-order chi connectivity index (χ1) is 9.46. The minimum absolute atomic E-state index is 0. The molecule has 0 aliphatic carbocycles. The number of hydrogen-bond acceptors (Lipinski definition) is 3. The van der Waals surface area contributed by atoms with E-state index in [0.29, 0.717) is 24.2 Å². The van der Waals surface area contributed by atoms with Gasteiger partial charge < -0.3 is 5.32 Å². The van der Waals surface area contributed by atoms with Crippen molar-refractivity contribution in [1.82, 2.24) is 9.62 Å². The fourth-order valence-corrected chi connectivity index (χ4v) is 5.14. The zero-order valence-corrected chi connectivity index (χ0v) is 14.3. The Balaban J connectivity index is 0.00000161. The van der Waals surface area contributed by atoms with Gasteiger partial charge in [0.2, 0.25) is 10.0 Å². The Labute approximate surface area is 137 Å². The molecular formula is C14H20Cl2N2O2S. The number of sulfonamides is 1. The van der Waals surface area contributed by atoms with Crippen LogP contribution in [0.2, 0.25) is 5.02 Å². The SMILES string of the molecule is Cc1ccc(Cl)c(S(=O)(=O)N2CCC3CCC(C2)N3)c1.Cl. The molecule has 0 saturated carbocycles. The second-order valence-corrected chi connectivity index (χ2v) is 8.04. The molecule has 0 aromatic heterocycles. The van der Waals surface area contributed by atoms with Crippen LogP contribution in [0.3, 0.4) is 0 Å². The van der Waals surface area contributed by atoms with Gasteiger partial charge in [0.25, 0.3) is 0 Å². The van der Waals surface area contributed by atoms with Crippen LogP contribution in [0.15, 0.2) is 23.1 Å². The highest BCUT2D eigenvalue weighted by molar-refractivity contribution is 7.89. The van der Waals surface area contributed by atoms with Crippen LogP contribution in [0.25, 0.3) is 0 Å². The number of halogens is 2. The van der Waals surface area contributed by atoms with Crippen LogP contribution in [0.5, 0.6) is 0 Å². The summed E-state index contributed by atoms with van der Waals surface area (Å²) in [5, 5.41) is 3.80. The first kappa shape index (κ1) is 17.0. The minimum atomic E-state index is -3.50.